The van der Waals surface area contributed by atoms with Gasteiger partial charge in [-0.3, -0.25) is 18.9 Å². The molecule has 1 aliphatic rings. The van der Waals surface area contributed by atoms with Gasteiger partial charge in [-0.05, 0) is 49.1 Å². The summed E-state index contributed by atoms with van der Waals surface area (Å²) in [6, 6.07) is 16.1. The van der Waals surface area contributed by atoms with E-state index in [4.69, 9.17) is 0 Å². The molecule has 3 aromatic rings. The SMILES string of the molecule is O=CC(=O)C1C(=CCCc2ccccc2)SCN1CCCCSc1cccc2nccn12. The summed E-state index contributed by atoms with van der Waals surface area (Å²) < 4.78 is 2.10. The molecule has 0 aliphatic carbocycles. The Bertz CT molecular complexity index is 1080. The molecule has 5 nitrogen and oxygen atoms in total. The molecule has 0 N–H and O–H groups in total. The Morgan fingerprint density at radius 1 is 1.16 bits per heavy atom. The first-order valence-electron chi connectivity index (χ1n) is 10.9. The number of pyridine rings is 1. The molecule has 32 heavy (non-hydrogen) atoms. The number of Topliss-reactive ketones (excluding diaryl/α,β-unsaturated/α-hetero) is 1. The topological polar surface area (TPSA) is 54.7 Å². The van der Waals surface area contributed by atoms with Crippen molar-refractivity contribution < 1.29 is 9.59 Å². The van der Waals surface area contributed by atoms with Crippen LogP contribution in [0.3, 0.4) is 0 Å². The van der Waals surface area contributed by atoms with Crippen molar-refractivity contribution >= 4 is 41.2 Å². The second-order valence-electron chi connectivity index (χ2n) is 7.71. The zero-order chi connectivity index (χ0) is 22.2. The van der Waals surface area contributed by atoms with E-state index in [9.17, 15) is 9.59 Å². The molecule has 7 heteroatoms. The molecule has 0 spiro atoms. The normalized spacial score (nSPS) is 17.9. The van der Waals surface area contributed by atoms with Gasteiger partial charge in [0.1, 0.15) is 11.7 Å². The smallest absolute Gasteiger partial charge is 0.217 e. The molecule has 3 heterocycles. The Morgan fingerprint density at radius 3 is 2.88 bits per heavy atom. The van der Waals surface area contributed by atoms with E-state index < -0.39 is 6.04 Å². The molecule has 1 aliphatic heterocycles. The molecule has 1 atom stereocenters. The second-order valence-corrected chi connectivity index (χ2v) is 9.85. The molecular formula is C25H27N3O2S2. The molecule has 1 unspecified atom stereocenters. The lowest BCUT2D eigenvalue weighted by molar-refractivity contribution is -0.132. The highest BCUT2D eigenvalue weighted by atomic mass is 32.2. The number of unbranched alkanes of at least 4 members (excludes halogenated alkanes) is 1. The second kappa shape index (κ2) is 11.5. The first-order chi connectivity index (χ1) is 15.8. The number of aryl methyl sites for hydroxylation is 1. The van der Waals surface area contributed by atoms with Gasteiger partial charge in [-0.1, -0.05) is 42.5 Å². The highest BCUT2D eigenvalue weighted by Crippen LogP contribution is 2.34. The highest BCUT2D eigenvalue weighted by Gasteiger charge is 2.34. The first-order valence-corrected chi connectivity index (χ1v) is 12.9. The number of ketones is 1. The van der Waals surface area contributed by atoms with Crippen molar-refractivity contribution in [3.8, 4) is 0 Å². The number of carbonyl (C=O) groups excluding carboxylic acids is 2. The summed E-state index contributed by atoms with van der Waals surface area (Å²) in [6.45, 7) is 0.823. The quantitative estimate of drug-likeness (QED) is 0.174. The van der Waals surface area contributed by atoms with Crippen LogP contribution < -0.4 is 0 Å². The van der Waals surface area contributed by atoms with Crippen LogP contribution in [0, 0.1) is 0 Å². The van der Waals surface area contributed by atoms with Gasteiger partial charge in [0, 0.05) is 29.7 Å². The van der Waals surface area contributed by atoms with Crippen LogP contribution in [0.15, 0.2) is 76.9 Å². The lowest BCUT2D eigenvalue weighted by atomic mass is 10.1. The number of imidazole rings is 1. The summed E-state index contributed by atoms with van der Waals surface area (Å²) in [5.41, 5.74) is 2.25. The fraction of sp³-hybridized carbons (Fsp3) is 0.320. The van der Waals surface area contributed by atoms with E-state index in [1.165, 1.54) is 10.6 Å². The number of nitrogens with zero attached hydrogens (tertiary/aromatic N) is 3. The molecule has 166 valence electrons. The van der Waals surface area contributed by atoms with Gasteiger partial charge < -0.3 is 0 Å². The fourth-order valence-corrected chi connectivity index (χ4v) is 6.18. The number of thioether (sulfide) groups is 2. The molecular weight excluding hydrogens is 438 g/mol. The molecule has 1 aromatic carbocycles. The van der Waals surface area contributed by atoms with E-state index in [-0.39, 0.29) is 5.78 Å². The zero-order valence-corrected chi connectivity index (χ0v) is 19.6. The minimum Gasteiger partial charge on any atom is -0.295 e. The van der Waals surface area contributed by atoms with Crippen LogP contribution in [0.1, 0.15) is 24.8 Å². The number of carbonyl (C=O) groups is 2. The summed E-state index contributed by atoms with van der Waals surface area (Å²) in [5.74, 6) is 1.44. The minimum atomic E-state index is -0.402. The number of aldehydes is 1. The number of hydrogen-bond donors (Lipinski definition) is 0. The van der Waals surface area contributed by atoms with Crippen LogP contribution >= 0.6 is 23.5 Å². The number of hydrogen-bond acceptors (Lipinski definition) is 6. The van der Waals surface area contributed by atoms with Gasteiger partial charge in [-0.2, -0.15) is 0 Å². The minimum absolute atomic E-state index is 0.331. The molecule has 0 saturated carbocycles. The average molecular weight is 466 g/mol. The molecule has 1 saturated heterocycles. The first kappa shape index (κ1) is 22.8. The van der Waals surface area contributed by atoms with Gasteiger partial charge in [0.2, 0.25) is 5.78 Å². The zero-order valence-electron chi connectivity index (χ0n) is 17.9. The Kier molecular flexibility index (Phi) is 8.20. The third-order valence-corrected chi connectivity index (χ3v) is 7.82. The molecule has 0 bridgehead atoms. The van der Waals surface area contributed by atoms with Crippen LogP contribution in [0.4, 0.5) is 0 Å². The van der Waals surface area contributed by atoms with Crippen molar-refractivity contribution in [2.24, 2.45) is 0 Å². The van der Waals surface area contributed by atoms with E-state index in [0.717, 1.165) is 54.4 Å². The Hall–Kier alpha value is -2.35. The van der Waals surface area contributed by atoms with Crippen LogP contribution in [0.5, 0.6) is 0 Å². The van der Waals surface area contributed by atoms with Crippen molar-refractivity contribution in [1.29, 1.82) is 0 Å². The van der Waals surface area contributed by atoms with E-state index in [1.807, 2.05) is 54.5 Å². The van der Waals surface area contributed by atoms with Crippen molar-refractivity contribution in [2.75, 3.05) is 18.2 Å². The van der Waals surface area contributed by atoms with E-state index in [1.54, 1.807) is 11.8 Å². The predicted octanol–water partition coefficient (Wildman–Crippen LogP) is 4.87. The molecule has 2 aromatic heterocycles. The van der Waals surface area contributed by atoms with Crippen LogP contribution in [-0.4, -0.2) is 50.6 Å². The Labute approximate surface area is 197 Å². The Morgan fingerprint density at radius 2 is 2.03 bits per heavy atom. The summed E-state index contributed by atoms with van der Waals surface area (Å²) in [4.78, 5) is 31.1. The molecule has 0 radical (unpaired) electrons. The maximum atomic E-state index is 12.4. The summed E-state index contributed by atoms with van der Waals surface area (Å²) in [7, 11) is 0. The summed E-state index contributed by atoms with van der Waals surface area (Å²) in [5, 5.41) is 1.19. The van der Waals surface area contributed by atoms with E-state index in [0.29, 0.717) is 6.29 Å². The highest BCUT2D eigenvalue weighted by molar-refractivity contribution is 8.03. The van der Waals surface area contributed by atoms with Gasteiger partial charge in [0.05, 0.1) is 5.03 Å². The van der Waals surface area contributed by atoms with Crippen molar-refractivity contribution in [3.05, 3.63) is 77.5 Å². The van der Waals surface area contributed by atoms with Gasteiger partial charge >= 0.3 is 0 Å². The number of benzene rings is 1. The number of aromatic nitrogens is 2. The molecule has 0 amide bonds. The largest absolute Gasteiger partial charge is 0.295 e. The maximum Gasteiger partial charge on any atom is 0.217 e. The Balaban J connectivity index is 1.26. The number of fused-ring (bicyclic) bond motifs is 1. The summed E-state index contributed by atoms with van der Waals surface area (Å²) >= 11 is 3.52. The van der Waals surface area contributed by atoms with Crippen LogP contribution in [-0.2, 0) is 16.0 Å². The molecule has 4 rings (SSSR count). The average Bonchev–Trinajstić information content (AvgIpc) is 3.46. The van der Waals surface area contributed by atoms with Gasteiger partial charge in [0.25, 0.3) is 0 Å². The number of allylic oxidation sites excluding steroid dienone is 1. The van der Waals surface area contributed by atoms with Crippen molar-refractivity contribution in [2.45, 2.75) is 36.8 Å². The van der Waals surface area contributed by atoms with Crippen LogP contribution in [0.2, 0.25) is 0 Å². The predicted molar refractivity (Wildman–Crippen MR) is 132 cm³/mol. The van der Waals surface area contributed by atoms with Crippen molar-refractivity contribution in [3.63, 3.8) is 0 Å². The number of rotatable bonds is 11. The van der Waals surface area contributed by atoms with Gasteiger partial charge in [-0.15, -0.1) is 23.5 Å². The van der Waals surface area contributed by atoms with E-state index in [2.05, 4.69) is 38.6 Å². The van der Waals surface area contributed by atoms with Crippen molar-refractivity contribution in [1.82, 2.24) is 14.3 Å². The van der Waals surface area contributed by atoms with Gasteiger partial charge in [-0.25, -0.2) is 4.98 Å². The lowest BCUT2D eigenvalue weighted by Gasteiger charge is -2.21. The van der Waals surface area contributed by atoms with E-state index >= 15 is 0 Å². The fourth-order valence-electron chi connectivity index (χ4n) is 3.90. The monoisotopic (exact) mass is 465 g/mol. The van der Waals surface area contributed by atoms with Crippen LogP contribution in [0.25, 0.3) is 5.65 Å². The third-order valence-electron chi connectivity index (χ3n) is 5.52. The third kappa shape index (κ3) is 5.71. The lowest BCUT2D eigenvalue weighted by Crippen LogP contribution is -2.38. The van der Waals surface area contributed by atoms with Gasteiger partial charge in [0.15, 0.2) is 6.29 Å². The maximum absolute atomic E-state index is 12.4. The standard InChI is InChI=1S/C25H27N3O2S2/c29-18-21(30)25-22(11-6-10-20-8-2-1-3-9-20)32-19-27(25)15-4-5-17-31-24-13-7-12-23-26-14-16-28(23)24/h1-3,7-9,11-14,16,18,25H,4-6,10,15,17,19H2. The summed E-state index contributed by atoms with van der Waals surface area (Å²) in [6.07, 6.45) is 10.3. The molecule has 1 fully saturated rings.